The van der Waals surface area contributed by atoms with Crippen molar-refractivity contribution in [1.29, 1.82) is 0 Å². The maximum absolute atomic E-state index is 12.9. The molecule has 9 heteroatoms. The van der Waals surface area contributed by atoms with E-state index in [0.717, 1.165) is 23.4 Å². The van der Waals surface area contributed by atoms with Crippen LogP contribution >= 0.6 is 23.2 Å². The molecule has 0 aromatic carbocycles. The van der Waals surface area contributed by atoms with E-state index in [1.807, 2.05) is 19.2 Å². The second-order valence-electron chi connectivity index (χ2n) is 7.82. The largest absolute Gasteiger partial charge is 0.486 e. The number of aromatic nitrogens is 2. The first kappa shape index (κ1) is 18.8. The van der Waals surface area contributed by atoms with Crippen LogP contribution in [-0.2, 0) is 9.53 Å². The number of fused-ring (bicyclic) bond motifs is 2. The molecule has 1 aromatic heterocycles. The van der Waals surface area contributed by atoms with Gasteiger partial charge in [-0.15, -0.1) is 0 Å². The van der Waals surface area contributed by atoms with Crippen LogP contribution in [-0.4, -0.2) is 46.5 Å². The number of ether oxygens (including phenoxy) is 1. The Hall–Kier alpha value is -2.25. The number of nitrogens with zero attached hydrogens (tertiary/aromatic N) is 3. The van der Waals surface area contributed by atoms with Gasteiger partial charge < -0.3 is 20.3 Å². The van der Waals surface area contributed by atoms with Gasteiger partial charge in [0.05, 0.1) is 24.5 Å². The molecule has 4 aliphatic rings. The van der Waals surface area contributed by atoms with Gasteiger partial charge in [-0.3, -0.25) is 4.79 Å². The minimum absolute atomic E-state index is 0.0367. The Morgan fingerprint density at radius 3 is 2.93 bits per heavy atom. The van der Waals surface area contributed by atoms with Gasteiger partial charge in [-0.25, -0.2) is 4.98 Å². The quantitative estimate of drug-likeness (QED) is 0.712. The monoisotopic (exact) mass is 433 g/mol. The van der Waals surface area contributed by atoms with Crippen molar-refractivity contribution < 1.29 is 9.53 Å². The van der Waals surface area contributed by atoms with E-state index >= 15 is 0 Å². The summed E-state index contributed by atoms with van der Waals surface area (Å²) in [5.74, 6) is 1.46. The molecule has 7 nitrogen and oxygen atoms in total. The van der Waals surface area contributed by atoms with Crippen LogP contribution in [0.5, 0.6) is 0 Å². The van der Waals surface area contributed by atoms with E-state index in [1.54, 1.807) is 4.90 Å². The molecule has 1 aromatic rings. The van der Waals surface area contributed by atoms with Crippen LogP contribution in [0.15, 0.2) is 41.1 Å². The summed E-state index contributed by atoms with van der Waals surface area (Å²) >= 11 is 12.1. The number of hydrogen-bond acceptors (Lipinski definition) is 6. The molecule has 0 saturated heterocycles. The number of likely N-dealkylation sites (N-methyl/N-ethyl adjacent to an activating group) is 1. The van der Waals surface area contributed by atoms with Gasteiger partial charge in [0.1, 0.15) is 5.02 Å². The summed E-state index contributed by atoms with van der Waals surface area (Å²) in [6.07, 6.45) is 9.58. The summed E-state index contributed by atoms with van der Waals surface area (Å²) in [7, 11) is 1.82. The van der Waals surface area contributed by atoms with E-state index in [-0.39, 0.29) is 17.2 Å². The molecule has 0 radical (unpaired) electrons. The zero-order valence-electron chi connectivity index (χ0n) is 15.9. The average molecular weight is 434 g/mol. The van der Waals surface area contributed by atoms with E-state index in [0.29, 0.717) is 41.6 Å². The first-order valence-electron chi connectivity index (χ1n) is 9.79. The van der Waals surface area contributed by atoms with Crippen molar-refractivity contribution in [3.8, 4) is 0 Å². The number of anilines is 1. The van der Waals surface area contributed by atoms with Crippen molar-refractivity contribution in [3.63, 3.8) is 0 Å². The lowest BCUT2D eigenvalue weighted by atomic mass is 9.89. The third-order valence-electron chi connectivity index (χ3n) is 5.90. The molecule has 5 rings (SSSR count). The third-order valence-corrected chi connectivity index (χ3v) is 6.36. The van der Waals surface area contributed by atoms with Crippen molar-refractivity contribution >= 4 is 34.9 Å². The van der Waals surface area contributed by atoms with Gasteiger partial charge in [-0.1, -0.05) is 17.7 Å². The van der Waals surface area contributed by atoms with Gasteiger partial charge >= 0.3 is 0 Å². The second-order valence-corrected chi connectivity index (χ2v) is 8.56. The first-order valence-corrected chi connectivity index (χ1v) is 10.5. The Morgan fingerprint density at radius 1 is 1.31 bits per heavy atom. The highest BCUT2D eigenvalue weighted by Gasteiger charge is 2.42. The second kappa shape index (κ2) is 7.22. The molecule has 1 unspecified atom stereocenters. The number of carbonyl (C=O) groups excluding carboxylic acids is 1. The Kier molecular flexibility index (Phi) is 4.67. The van der Waals surface area contributed by atoms with Crippen LogP contribution < -0.4 is 10.6 Å². The Bertz CT molecular complexity index is 970. The third kappa shape index (κ3) is 3.46. The molecule has 2 N–H and O–H groups in total. The summed E-state index contributed by atoms with van der Waals surface area (Å²) in [4.78, 5) is 22.7. The molecule has 1 saturated carbocycles. The van der Waals surface area contributed by atoms with Gasteiger partial charge in [0.25, 0.3) is 5.91 Å². The van der Waals surface area contributed by atoms with E-state index in [9.17, 15) is 4.79 Å². The van der Waals surface area contributed by atoms with Crippen molar-refractivity contribution in [2.45, 2.75) is 37.8 Å². The number of allylic oxidation sites excluding steroid dienone is 1. The zero-order chi connectivity index (χ0) is 20.1. The van der Waals surface area contributed by atoms with E-state index < -0.39 is 0 Å². The molecule has 1 amide bonds. The number of hydrogen-bond donors (Lipinski definition) is 2. The summed E-state index contributed by atoms with van der Waals surface area (Å²) in [5, 5.41) is 7.38. The number of amides is 1. The molecule has 152 valence electrons. The average Bonchev–Trinajstić information content (AvgIpc) is 3.55. The fourth-order valence-corrected chi connectivity index (χ4v) is 4.44. The predicted octanol–water partition coefficient (Wildman–Crippen LogP) is 3.25. The highest BCUT2D eigenvalue weighted by atomic mass is 35.5. The van der Waals surface area contributed by atoms with Crippen LogP contribution in [0.2, 0.25) is 10.3 Å². The number of rotatable bonds is 3. The number of nitrogens with one attached hydrogen (secondary N) is 2. The van der Waals surface area contributed by atoms with Crippen LogP contribution in [0, 0.1) is 5.92 Å². The van der Waals surface area contributed by atoms with Crippen LogP contribution in [0.1, 0.15) is 25.7 Å². The van der Waals surface area contributed by atoms with Gasteiger partial charge in [0, 0.05) is 30.8 Å². The Morgan fingerprint density at radius 2 is 2.14 bits per heavy atom. The molecule has 2 atom stereocenters. The van der Waals surface area contributed by atoms with Crippen LogP contribution in [0.4, 0.5) is 5.82 Å². The van der Waals surface area contributed by atoms with Crippen LogP contribution in [0.3, 0.4) is 0 Å². The highest BCUT2D eigenvalue weighted by molar-refractivity contribution is 6.33. The molecule has 2 aliphatic heterocycles. The minimum atomic E-state index is -0.0680. The minimum Gasteiger partial charge on any atom is -0.486 e. The number of halogens is 2. The van der Waals surface area contributed by atoms with E-state index in [2.05, 4.69) is 20.6 Å². The molecule has 0 spiro atoms. The Labute approximate surface area is 178 Å². The fourth-order valence-electron chi connectivity index (χ4n) is 4.17. The molecule has 29 heavy (non-hydrogen) atoms. The Balaban J connectivity index is 1.50. The van der Waals surface area contributed by atoms with Gasteiger partial charge in [-0.05, 0) is 42.9 Å². The van der Waals surface area contributed by atoms with Crippen molar-refractivity contribution in [3.05, 3.63) is 51.4 Å². The lowest BCUT2D eigenvalue weighted by molar-refractivity contribution is -0.131. The van der Waals surface area contributed by atoms with Crippen molar-refractivity contribution in [2.24, 2.45) is 5.92 Å². The first-order chi connectivity index (χ1) is 14.0. The van der Waals surface area contributed by atoms with E-state index in [1.165, 1.54) is 19.0 Å². The van der Waals surface area contributed by atoms with Gasteiger partial charge in [0.2, 0.25) is 11.0 Å². The molecule has 3 heterocycles. The van der Waals surface area contributed by atoms with Crippen LogP contribution in [0.25, 0.3) is 0 Å². The van der Waals surface area contributed by atoms with Gasteiger partial charge in [0.15, 0.2) is 5.82 Å². The summed E-state index contributed by atoms with van der Waals surface area (Å²) in [6.45, 7) is 0.556. The smallest absolute Gasteiger partial charge is 0.291 e. The maximum atomic E-state index is 12.9. The normalized spacial score (nSPS) is 26.4. The molecule has 0 bridgehead atoms. The number of carbonyl (C=O) groups is 1. The zero-order valence-corrected chi connectivity index (χ0v) is 17.4. The molecule has 2 aliphatic carbocycles. The SMILES string of the molecule is CN1C(=O)C2=C(N[C@@H](C3CC3)CCO2)C2=CC(Nc3nc(Cl)ncc3Cl)=CCC21. The summed E-state index contributed by atoms with van der Waals surface area (Å²) in [5.41, 5.74) is 2.71. The molecular formula is C20H21Cl2N5O2. The standard InChI is InChI=1S/C20H21Cl2N5O2/c1-27-15-5-4-11(24-18-13(21)9-23-20(22)26-18)8-12(15)16-17(19(27)28)29-7-6-14(25-16)10-2-3-10/h4,8-10,14-15,25H,2-3,5-7H2,1H3,(H,23,24,26)/t14-,15?/m1/s1. The van der Waals surface area contributed by atoms with Crippen molar-refractivity contribution in [2.75, 3.05) is 19.0 Å². The van der Waals surface area contributed by atoms with Gasteiger partial charge in [-0.2, -0.15) is 4.98 Å². The lowest BCUT2D eigenvalue weighted by Crippen LogP contribution is -2.47. The van der Waals surface area contributed by atoms with E-state index in [4.69, 9.17) is 27.9 Å². The topological polar surface area (TPSA) is 79.4 Å². The summed E-state index contributed by atoms with van der Waals surface area (Å²) < 4.78 is 5.92. The molecular weight excluding hydrogens is 413 g/mol. The molecule has 1 fully saturated rings. The van der Waals surface area contributed by atoms with Crippen molar-refractivity contribution in [1.82, 2.24) is 20.2 Å². The summed E-state index contributed by atoms with van der Waals surface area (Å²) in [6, 6.07) is 0.308. The highest BCUT2D eigenvalue weighted by Crippen LogP contribution is 2.40. The lowest BCUT2D eigenvalue weighted by Gasteiger charge is -2.38. The maximum Gasteiger partial charge on any atom is 0.291 e. The fraction of sp³-hybridized carbons (Fsp3) is 0.450. The predicted molar refractivity (Wildman–Crippen MR) is 110 cm³/mol.